The van der Waals surface area contributed by atoms with E-state index in [2.05, 4.69) is 4.74 Å². The topological polar surface area (TPSA) is 35.5 Å². The molecule has 0 aliphatic carbocycles. The summed E-state index contributed by atoms with van der Waals surface area (Å²) in [5.74, 6) is 0.289. The average molecular weight is 276 g/mol. The lowest BCUT2D eigenvalue weighted by atomic mass is 10.1. The zero-order valence-electron chi connectivity index (χ0n) is 10.5. The van der Waals surface area contributed by atoms with Gasteiger partial charge in [0.1, 0.15) is 19.0 Å². The van der Waals surface area contributed by atoms with Crippen molar-refractivity contribution in [1.82, 2.24) is 0 Å². The lowest BCUT2D eigenvalue weighted by molar-refractivity contribution is -0.175. The minimum absolute atomic E-state index is 0.0376. The largest absolute Gasteiger partial charge is 0.490 e. The summed E-state index contributed by atoms with van der Waals surface area (Å²) in [5.41, 5.74) is 0.431. The van der Waals surface area contributed by atoms with E-state index in [-0.39, 0.29) is 19.0 Å². The minimum Gasteiger partial charge on any atom is -0.490 e. The molecule has 0 radical (unpaired) electrons. The molecule has 1 aromatic carbocycles. The number of rotatable bonds is 7. The van der Waals surface area contributed by atoms with Crippen molar-refractivity contribution in [3.05, 3.63) is 29.8 Å². The number of benzene rings is 1. The van der Waals surface area contributed by atoms with Crippen molar-refractivity contribution in [3.8, 4) is 5.75 Å². The van der Waals surface area contributed by atoms with Crippen molar-refractivity contribution in [2.75, 3.05) is 19.8 Å². The van der Waals surface area contributed by atoms with E-state index in [4.69, 9.17) is 4.74 Å². The fourth-order valence-electron chi connectivity index (χ4n) is 1.41. The van der Waals surface area contributed by atoms with E-state index < -0.39 is 12.8 Å². The molecule has 1 rings (SSSR count). The highest BCUT2D eigenvalue weighted by molar-refractivity contribution is 5.98. The highest BCUT2D eigenvalue weighted by Gasteiger charge is 2.27. The van der Waals surface area contributed by atoms with Crippen LogP contribution >= 0.6 is 0 Å². The molecule has 0 aromatic heterocycles. The van der Waals surface area contributed by atoms with Crippen LogP contribution in [0.3, 0.4) is 0 Å². The van der Waals surface area contributed by atoms with Gasteiger partial charge in [-0.15, -0.1) is 0 Å². The molecule has 0 amide bonds. The maximum absolute atomic E-state index is 11.8. The van der Waals surface area contributed by atoms with Gasteiger partial charge in [0.15, 0.2) is 5.78 Å². The van der Waals surface area contributed by atoms with Gasteiger partial charge in [-0.2, -0.15) is 13.2 Å². The highest BCUT2D eigenvalue weighted by atomic mass is 19.4. The van der Waals surface area contributed by atoms with E-state index in [9.17, 15) is 18.0 Å². The van der Waals surface area contributed by atoms with Crippen LogP contribution in [0.4, 0.5) is 13.2 Å². The Bertz CT molecular complexity index is 416. The molecule has 0 fully saturated rings. The van der Waals surface area contributed by atoms with E-state index in [1.165, 1.54) is 0 Å². The molecule has 3 nitrogen and oxygen atoms in total. The van der Waals surface area contributed by atoms with Crippen molar-refractivity contribution in [1.29, 1.82) is 0 Å². The molecule has 0 atom stereocenters. The van der Waals surface area contributed by atoms with Gasteiger partial charge in [0, 0.05) is 6.42 Å². The molecular formula is C13H15F3O3. The van der Waals surface area contributed by atoms with Gasteiger partial charge in [-0.1, -0.05) is 19.1 Å². The molecule has 0 aliphatic rings. The molecular weight excluding hydrogens is 261 g/mol. The second kappa shape index (κ2) is 7.13. The Balaban J connectivity index is 2.43. The number of carbonyl (C=O) groups excluding carboxylic acids is 1. The molecule has 1 aromatic rings. The quantitative estimate of drug-likeness (QED) is 0.566. The summed E-state index contributed by atoms with van der Waals surface area (Å²) in [6.45, 7) is 0.204. The summed E-state index contributed by atoms with van der Waals surface area (Å²) in [5, 5.41) is 0. The number of halogens is 3. The number of para-hydroxylation sites is 1. The smallest absolute Gasteiger partial charge is 0.411 e. The summed E-state index contributed by atoms with van der Waals surface area (Å²) in [4.78, 5) is 11.6. The first-order valence-electron chi connectivity index (χ1n) is 5.83. The van der Waals surface area contributed by atoms with E-state index in [1.54, 1.807) is 31.2 Å². The number of carbonyl (C=O) groups is 1. The zero-order valence-corrected chi connectivity index (χ0v) is 10.5. The molecule has 106 valence electrons. The summed E-state index contributed by atoms with van der Waals surface area (Å²) in [6, 6.07) is 6.62. The first-order chi connectivity index (χ1) is 8.94. The third-order valence-corrected chi connectivity index (χ3v) is 2.26. The first kappa shape index (κ1) is 15.5. The van der Waals surface area contributed by atoms with Gasteiger partial charge < -0.3 is 9.47 Å². The minimum atomic E-state index is -4.34. The molecule has 19 heavy (non-hydrogen) atoms. The number of ketones is 1. The van der Waals surface area contributed by atoms with E-state index >= 15 is 0 Å². The predicted molar refractivity (Wildman–Crippen MR) is 63.4 cm³/mol. The summed E-state index contributed by atoms with van der Waals surface area (Å²) >= 11 is 0. The Kier molecular flexibility index (Phi) is 5.82. The highest BCUT2D eigenvalue weighted by Crippen LogP contribution is 2.19. The normalized spacial score (nSPS) is 11.4. The van der Waals surface area contributed by atoms with Crippen LogP contribution in [-0.2, 0) is 4.74 Å². The molecule has 0 saturated heterocycles. The van der Waals surface area contributed by atoms with Crippen LogP contribution in [0.1, 0.15) is 23.7 Å². The van der Waals surface area contributed by atoms with Gasteiger partial charge in [0.25, 0.3) is 0 Å². The molecule has 0 unspecified atom stereocenters. The third-order valence-electron chi connectivity index (χ3n) is 2.26. The molecule has 0 bridgehead atoms. The van der Waals surface area contributed by atoms with Crippen molar-refractivity contribution < 1.29 is 27.4 Å². The lowest BCUT2D eigenvalue weighted by Crippen LogP contribution is -2.19. The zero-order chi connectivity index (χ0) is 14.3. The third kappa shape index (κ3) is 5.74. The first-order valence-corrected chi connectivity index (χ1v) is 5.83. The maximum Gasteiger partial charge on any atom is 0.411 e. The molecule has 0 aliphatic heterocycles. The van der Waals surface area contributed by atoms with Crippen LogP contribution in [0.15, 0.2) is 24.3 Å². The summed E-state index contributed by atoms with van der Waals surface area (Å²) < 4.78 is 45.1. The van der Waals surface area contributed by atoms with Gasteiger partial charge in [0.2, 0.25) is 0 Å². The second-order valence-corrected chi connectivity index (χ2v) is 3.79. The van der Waals surface area contributed by atoms with Crippen molar-refractivity contribution in [3.63, 3.8) is 0 Å². The Morgan fingerprint density at radius 3 is 2.53 bits per heavy atom. The molecule has 0 saturated carbocycles. The molecule has 0 spiro atoms. The van der Waals surface area contributed by atoms with Crippen LogP contribution in [0, 0.1) is 0 Å². The molecule has 0 N–H and O–H groups in total. The fraction of sp³-hybridized carbons (Fsp3) is 0.462. The summed E-state index contributed by atoms with van der Waals surface area (Å²) in [6.07, 6.45) is -4.00. The Hall–Kier alpha value is -1.56. The monoisotopic (exact) mass is 276 g/mol. The van der Waals surface area contributed by atoms with Gasteiger partial charge in [-0.05, 0) is 12.1 Å². The standard InChI is InChI=1S/C13H15F3O3/c1-2-11(17)10-5-3-4-6-12(10)19-8-7-18-9-13(14,15)16/h3-6H,2,7-9H2,1H3. The van der Waals surface area contributed by atoms with Crippen LogP contribution < -0.4 is 4.74 Å². The Labute approximate surface area is 109 Å². The van der Waals surface area contributed by atoms with Gasteiger partial charge >= 0.3 is 6.18 Å². The SMILES string of the molecule is CCC(=O)c1ccccc1OCCOCC(F)(F)F. The van der Waals surface area contributed by atoms with Gasteiger partial charge in [0.05, 0.1) is 12.2 Å². The fourth-order valence-corrected chi connectivity index (χ4v) is 1.41. The molecule has 6 heteroatoms. The number of hydrogen-bond acceptors (Lipinski definition) is 3. The van der Waals surface area contributed by atoms with Crippen LogP contribution in [0.2, 0.25) is 0 Å². The van der Waals surface area contributed by atoms with E-state index in [0.717, 1.165) is 0 Å². The van der Waals surface area contributed by atoms with Crippen LogP contribution in [0.25, 0.3) is 0 Å². The van der Waals surface area contributed by atoms with Crippen molar-refractivity contribution >= 4 is 5.78 Å². The predicted octanol–water partition coefficient (Wildman–Crippen LogP) is 3.24. The lowest BCUT2D eigenvalue weighted by Gasteiger charge is -2.11. The number of alkyl halides is 3. The average Bonchev–Trinajstić information content (AvgIpc) is 2.36. The number of ether oxygens (including phenoxy) is 2. The van der Waals surface area contributed by atoms with Crippen molar-refractivity contribution in [2.45, 2.75) is 19.5 Å². The van der Waals surface area contributed by atoms with E-state index in [1.807, 2.05) is 0 Å². The summed E-state index contributed by atoms with van der Waals surface area (Å²) in [7, 11) is 0. The molecule has 0 heterocycles. The van der Waals surface area contributed by atoms with Gasteiger partial charge in [-0.25, -0.2) is 0 Å². The van der Waals surface area contributed by atoms with E-state index in [0.29, 0.717) is 17.7 Å². The number of hydrogen-bond donors (Lipinski definition) is 0. The van der Waals surface area contributed by atoms with Crippen LogP contribution in [-0.4, -0.2) is 31.8 Å². The van der Waals surface area contributed by atoms with Gasteiger partial charge in [-0.3, -0.25) is 4.79 Å². The Morgan fingerprint density at radius 2 is 1.89 bits per heavy atom. The van der Waals surface area contributed by atoms with Crippen LogP contribution in [0.5, 0.6) is 5.75 Å². The second-order valence-electron chi connectivity index (χ2n) is 3.79. The van der Waals surface area contributed by atoms with Crippen molar-refractivity contribution in [2.24, 2.45) is 0 Å². The number of Topliss-reactive ketones (excluding diaryl/α,β-unsaturated/α-hetero) is 1. The Morgan fingerprint density at radius 1 is 1.21 bits per heavy atom. The maximum atomic E-state index is 11.8.